The highest BCUT2D eigenvalue weighted by molar-refractivity contribution is 5.94. The first-order valence-electron chi connectivity index (χ1n) is 18.7. The Labute approximate surface area is 321 Å². The maximum atomic E-state index is 5.26. The molecule has 0 saturated carbocycles. The summed E-state index contributed by atoms with van der Waals surface area (Å²) < 4.78 is 0. The Morgan fingerprint density at radius 2 is 0.673 bits per heavy atom. The average Bonchev–Trinajstić information content (AvgIpc) is 3.57. The van der Waals surface area contributed by atoms with Crippen LogP contribution in [-0.2, 0) is 5.41 Å². The zero-order valence-electron chi connectivity index (χ0n) is 30.0. The Bertz CT molecular complexity index is 2670. The number of fused-ring (bicyclic) bond motifs is 3. The van der Waals surface area contributed by atoms with Gasteiger partial charge in [0.1, 0.15) is 0 Å². The monoisotopic (exact) mass is 701 g/mol. The largest absolute Gasteiger partial charge is 0.208 e. The van der Waals surface area contributed by atoms with Gasteiger partial charge in [0.15, 0.2) is 17.5 Å². The van der Waals surface area contributed by atoms with E-state index >= 15 is 0 Å². The van der Waals surface area contributed by atoms with Gasteiger partial charge in [0.2, 0.25) is 0 Å². The summed E-state index contributed by atoms with van der Waals surface area (Å²) in [6, 6.07) is 75.3. The first-order valence-corrected chi connectivity index (χ1v) is 18.7. The molecule has 258 valence electrons. The average molecular weight is 702 g/mol. The van der Waals surface area contributed by atoms with Gasteiger partial charge >= 0.3 is 0 Å². The van der Waals surface area contributed by atoms with Crippen LogP contribution in [0.1, 0.15) is 22.3 Å². The Morgan fingerprint density at radius 1 is 0.255 bits per heavy atom. The maximum absolute atomic E-state index is 5.26. The van der Waals surface area contributed by atoms with Gasteiger partial charge in [0.25, 0.3) is 0 Å². The van der Waals surface area contributed by atoms with Crippen LogP contribution < -0.4 is 0 Å². The molecule has 0 saturated heterocycles. The lowest BCUT2D eigenvalue weighted by molar-refractivity contribution is 0.769. The summed E-state index contributed by atoms with van der Waals surface area (Å²) in [7, 11) is 0. The lowest BCUT2D eigenvalue weighted by atomic mass is 9.67. The lowest BCUT2D eigenvalue weighted by Gasteiger charge is -2.34. The minimum absolute atomic E-state index is 0.546. The minimum atomic E-state index is -0.546. The Morgan fingerprint density at radius 3 is 1.22 bits per heavy atom. The molecule has 0 bridgehead atoms. The van der Waals surface area contributed by atoms with Gasteiger partial charge in [0, 0.05) is 16.7 Å². The van der Waals surface area contributed by atoms with Gasteiger partial charge in [-0.1, -0.05) is 200 Å². The Kier molecular flexibility index (Phi) is 8.04. The number of hydrogen-bond acceptors (Lipinski definition) is 3. The van der Waals surface area contributed by atoms with Crippen molar-refractivity contribution in [2.24, 2.45) is 0 Å². The standard InChI is InChI=1S/C52H35N3/c1-6-18-36(19-7-1)37-30-32-38(33-31-37)44-35-48-45(43-28-16-17-29-47(43)52(48,41-24-12-4-13-25-41)42-26-14-5-15-27-42)34-46(44)51-54-49(39-20-8-2-9-21-39)53-50(55-51)40-22-10-3-11-23-40/h1-35H. The number of rotatable bonds is 7. The van der Waals surface area contributed by atoms with Crippen LogP contribution >= 0.6 is 0 Å². The molecule has 1 aliphatic rings. The first kappa shape index (κ1) is 32.4. The fraction of sp³-hybridized carbons (Fsp3) is 0.0192. The van der Waals surface area contributed by atoms with Crippen molar-refractivity contribution in [3.8, 4) is 67.5 Å². The van der Waals surface area contributed by atoms with Gasteiger partial charge in [-0.25, -0.2) is 15.0 Å². The van der Waals surface area contributed by atoms with Crippen molar-refractivity contribution in [3.63, 3.8) is 0 Å². The third-order valence-electron chi connectivity index (χ3n) is 10.8. The molecule has 3 heteroatoms. The van der Waals surface area contributed by atoms with Crippen molar-refractivity contribution in [1.82, 2.24) is 15.0 Å². The number of aromatic nitrogens is 3. The molecule has 0 radical (unpaired) electrons. The highest BCUT2D eigenvalue weighted by Gasteiger charge is 2.46. The fourth-order valence-corrected chi connectivity index (χ4v) is 8.31. The van der Waals surface area contributed by atoms with E-state index < -0.39 is 5.41 Å². The second-order valence-corrected chi connectivity index (χ2v) is 14.0. The molecule has 55 heavy (non-hydrogen) atoms. The predicted molar refractivity (Wildman–Crippen MR) is 224 cm³/mol. The summed E-state index contributed by atoms with van der Waals surface area (Å²) in [5, 5.41) is 0. The van der Waals surface area contributed by atoms with Gasteiger partial charge in [-0.3, -0.25) is 0 Å². The molecule has 8 aromatic carbocycles. The zero-order chi connectivity index (χ0) is 36.6. The molecular formula is C52H35N3. The molecule has 0 fully saturated rings. The maximum Gasteiger partial charge on any atom is 0.164 e. The molecule has 0 aliphatic heterocycles. The van der Waals surface area contributed by atoms with Crippen LogP contribution in [0.3, 0.4) is 0 Å². The third kappa shape index (κ3) is 5.57. The van der Waals surface area contributed by atoms with Crippen LogP contribution in [0.15, 0.2) is 212 Å². The first-order chi connectivity index (χ1) is 27.3. The molecule has 9 aromatic rings. The van der Waals surface area contributed by atoms with Crippen molar-refractivity contribution in [1.29, 1.82) is 0 Å². The van der Waals surface area contributed by atoms with Crippen molar-refractivity contribution in [2.45, 2.75) is 5.41 Å². The quantitative estimate of drug-likeness (QED) is 0.166. The second-order valence-electron chi connectivity index (χ2n) is 14.0. The van der Waals surface area contributed by atoms with Crippen molar-refractivity contribution >= 4 is 0 Å². The van der Waals surface area contributed by atoms with E-state index in [0.717, 1.165) is 27.8 Å². The molecular weight excluding hydrogens is 667 g/mol. The highest BCUT2D eigenvalue weighted by atomic mass is 15.0. The summed E-state index contributed by atoms with van der Waals surface area (Å²) in [6.45, 7) is 0. The van der Waals surface area contributed by atoms with E-state index in [2.05, 4.69) is 176 Å². The SMILES string of the molecule is c1ccc(-c2ccc(-c3cc4c(cc3-c3nc(-c5ccccc5)nc(-c5ccccc5)n3)-c3ccccc3C4(c3ccccc3)c3ccccc3)cc2)cc1. The predicted octanol–water partition coefficient (Wildman–Crippen LogP) is 12.6. The van der Waals surface area contributed by atoms with E-state index in [0.29, 0.717) is 17.5 Å². The summed E-state index contributed by atoms with van der Waals surface area (Å²) in [5.41, 5.74) is 14.1. The van der Waals surface area contributed by atoms with Crippen molar-refractivity contribution in [3.05, 3.63) is 235 Å². The minimum Gasteiger partial charge on any atom is -0.208 e. The molecule has 0 atom stereocenters. The van der Waals surface area contributed by atoms with E-state index in [1.54, 1.807) is 0 Å². The van der Waals surface area contributed by atoms with Crippen LogP contribution in [0.25, 0.3) is 67.5 Å². The number of benzene rings is 8. The molecule has 1 aromatic heterocycles. The summed E-state index contributed by atoms with van der Waals surface area (Å²) >= 11 is 0. The van der Waals surface area contributed by atoms with Gasteiger partial charge in [-0.05, 0) is 67.8 Å². The van der Waals surface area contributed by atoms with Gasteiger partial charge < -0.3 is 0 Å². The highest BCUT2D eigenvalue weighted by Crippen LogP contribution is 2.57. The summed E-state index contributed by atoms with van der Waals surface area (Å²) in [6.07, 6.45) is 0. The summed E-state index contributed by atoms with van der Waals surface area (Å²) in [4.78, 5) is 15.6. The van der Waals surface area contributed by atoms with Crippen molar-refractivity contribution in [2.75, 3.05) is 0 Å². The number of nitrogens with zero attached hydrogens (tertiary/aromatic N) is 3. The topological polar surface area (TPSA) is 38.7 Å². The van der Waals surface area contributed by atoms with Gasteiger partial charge in [0.05, 0.1) is 5.41 Å². The molecule has 3 nitrogen and oxygen atoms in total. The molecule has 0 amide bonds. The normalized spacial score (nSPS) is 12.5. The summed E-state index contributed by atoms with van der Waals surface area (Å²) in [5.74, 6) is 1.91. The van der Waals surface area contributed by atoms with Gasteiger partial charge in [-0.2, -0.15) is 0 Å². The molecule has 0 unspecified atom stereocenters. The molecule has 1 heterocycles. The Hall–Kier alpha value is -7.23. The van der Waals surface area contributed by atoms with Crippen molar-refractivity contribution < 1.29 is 0 Å². The van der Waals surface area contributed by atoms with E-state index in [4.69, 9.17) is 15.0 Å². The van der Waals surface area contributed by atoms with E-state index in [-0.39, 0.29) is 0 Å². The third-order valence-corrected chi connectivity index (χ3v) is 10.8. The lowest BCUT2D eigenvalue weighted by Crippen LogP contribution is -2.28. The second kappa shape index (κ2) is 13.6. The Balaban J connectivity index is 1.29. The van der Waals surface area contributed by atoms with Crippen LogP contribution in [-0.4, -0.2) is 15.0 Å². The molecule has 0 spiro atoms. The van der Waals surface area contributed by atoms with E-state index in [9.17, 15) is 0 Å². The van der Waals surface area contributed by atoms with Crippen LogP contribution in [0, 0.1) is 0 Å². The van der Waals surface area contributed by atoms with Crippen LogP contribution in [0.4, 0.5) is 0 Å². The van der Waals surface area contributed by atoms with E-state index in [1.807, 2.05) is 36.4 Å². The fourth-order valence-electron chi connectivity index (χ4n) is 8.31. The van der Waals surface area contributed by atoms with Crippen LogP contribution in [0.2, 0.25) is 0 Å². The van der Waals surface area contributed by atoms with Crippen LogP contribution in [0.5, 0.6) is 0 Å². The smallest absolute Gasteiger partial charge is 0.164 e. The van der Waals surface area contributed by atoms with Gasteiger partial charge in [-0.15, -0.1) is 0 Å². The molecule has 10 rings (SSSR count). The molecule has 0 N–H and O–H groups in total. The van der Waals surface area contributed by atoms with E-state index in [1.165, 1.54) is 44.5 Å². The molecule has 1 aliphatic carbocycles. The zero-order valence-corrected chi connectivity index (χ0v) is 30.0. The number of hydrogen-bond donors (Lipinski definition) is 0.